The molecule has 1 amide bonds. The Balaban J connectivity index is 1.65. The molecule has 5 heteroatoms. The van der Waals surface area contributed by atoms with Gasteiger partial charge >= 0.3 is 0 Å². The van der Waals surface area contributed by atoms with Crippen LogP contribution in [0.4, 0.5) is 0 Å². The van der Waals surface area contributed by atoms with Gasteiger partial charge in [0.05, 0.1) is 25.9 Å². The molecular weight excluding hydrogens is 314 g/mol. The number of benzene rings is 1. The number of para-hydroxylation sites is 1. The number of ether oxygens (including phenoxy) is 1. The molecule has 1 saturated heterocycles. The number of nitrogens with zero attached hydrogens (tertiary/aromatic N) is 3. The first-order valence-corrected chi connectivity index (χ1v) is 9.00. The Bertz CT molecular complexity index is 725. The van der Waals surface area contributed by atoms with Crippen LogP contribution in [0.15, 0.2) is 36.7 Å². The van der Waals surface area contributed by atoms with Gasteiger partial charge < -0.3 is 9.64 Å². The van der Waals surface area contributed by atoms with E-state index in [-0.39, 0.29) is 17.9 Å². The van der Waals surface area contributed by atoms with Gasteiger partial charge in [-0.1, -0.05) is 25.1 Å². The number of carbonyl (C=O) groups excluding carboxylic acids is 1. The van der Waals surface area contributed by atoms with Crippen LogP contribution in [0.3, 0.4) is 0 Å². The molecule has 0 aliphatic carbocycles. The Hall–Kier alpha value is -2.30. The summed E-state index contributed by atoms with van der Waals surface area (Å²) in [6.07, 6.45) is 6.53. The summed E-state index contributed by atoms with van der Waals surface area (Å²) in [7, 11) is 1.68. The van der Waals surface area contributed by atoms with Gasteiger partial charge in [-0.25, -0.2) is 0 Å². The highest BCUT2D eigenvalue weighted by molar-refractivity contribution is 5.78. The maximum atomic E-state index is 12.9. The smallest absolute Gasteiger partial charge is 0.223 e. The summed E-state index contributed by atoms with van der Waals surface area (Å²) in [4.78, 5) is 14.9. The van der Waals surface area contributed by atoms with Crippen molar-refractivity contribution in [2.75, 3.05) is 13.7 Å². The van der Waals surface area contributed by atoms with Gasteiger partial charge in [0.1, 0.15) is 5.75 Å². The Morgan fingerprint density at radius 2 is 2.20 bits per heavy atom. The van der Waals surface area contributed by atoms with E-state index in [9.17, 15) is 4.79 Å². The molecule has 0 spiro atoms. The van der Waals surface area contributed by atoms with Crippen LogP contribution < -0.4 is 4.74 Å². The third-order valence-corrected chi connectivity index (χ3v) is 5.01. The molecule has 25 heavy (non-hydrogen) atoms. The lowest BCUT2D eigenvalue weighted by atomic mass is 9.96. The van der Waals surface area contributed by atoms with Gasteiger partial charge in [0.2, 0.25) is 5.91 Å². The van der Waals surface area contributed by atoms with E-state index in [1.165, 1.54) is 0 Å². The number of aromatic nitrogens is 2. The zero-order valence-corrected chi connectivity index (χ0v) is 15.3. The molecule has 0 bridgehead atoms. The second-order valence-electron chi connectivity index (χ2n) is 6.97. The van der Waals surface area contributed by atoms with Crippen LogP contribution >= 0.6 is 0 Å². The Kier molecular flexibility index (Phi) is 5.41. The molecule has 1 aliphatic rings. The number of aryl methyl sites for hydroxylation is 1. The highest BCUT2D eigenvalue weighted by Crippen LogP contribution is 2.30. The predicted octanol–water partition coefficient (Wildman–Crippen LogP) is 3.38. The van der Waals surface area contributed by atoms with Crippen molar-refractivity contribution in [1.82, 2.24) is 14.7 Å². The van der Waals surface area contributed by atoms with E-state index in [1.807, 2.05) is 53.2 Å². The minimum Gasteiger partial charge on any atom is -0.496 e. The first kappa shape index (κ1) is 17.5. The Morgan fingerprint density at radius 3 is 2.92 bits per heavy atom. The van der Waals surface area contributed by atoms with Crippen molar-refractivity contribution in [3.8, 4) is 5.75 Å². The van der Waals surface area contributed by atoms with E-state index in [0.717, 1.165) is 42.8 Å². The Labute approximate surface area is 149 Å². The maximum Gasteiger partial charge on any atom is 0.223 e. The summed E-state index contributed by atoms with van der Waals surface area (Å²) < 4.78 is 7.39. The topological polar surface area (TPSA) is 47.4 Å². The SMILES string of the molecule is COc1ccccc1[C@H](C)CC(=O)N1CCC[C@H]1Cn1cc(C)cn1. The van der Waals surface area contributed by atoms with E-state index in [1.54, 1.807) is 7.11 Å². The molecule has 0 unspecified atom stereocenters. The quantitative estimate of drug-likeness (QED) is 0.809. The van der Waals surface area contributed by atoms with Crippen molar-refractivity contribution in [2.45, 2.75) is 51.6 Å². The highest BCUT2D eigenvalue weighted by atomic mass is 16.5. The lowest BCUT2D eigenvalue weighted by Crippen LogP contribution is -2.38. The van der Waals surface area contributed by atoms with Crippen molar-refractivity contribution >= 4 is 5.91 Å². The normalized spacial score (nSPS) is 18.4. The largest absolute Gasteiger partial charge is 0.496 e. The van der Waals surface area contributed by atoms with Gasteiger partial charge in [0.25, 0.3) is 0 Å². The number of methoxy groups -OCH3 is 1. The van der Waals surface area contributed by atoms with Crippen molar-refractivity contribution in [3.05, 3.63) is 47.8 Å². The fourth-order valence-corrected chi connectivity index (χ4v) is 3.70. The van der Waals surface area contributed by atoms with Gasteiger partial charge in [0.15, 0.2) is 0 Å². The lowest BCUT2D eigenvalue weighted by Gasteiger charge is -2.26. The van der Waals surface area contributed by atoms with Crippen LogP contribution in [0.5, 0.6) is 5.75 Å². The molecule has 1 aromatic heterocycles. The maximum absolute atomic E-state index is 12.9. The summed E-state index contributed by atoms with van der Waals surface area (Å²) >= 11 is 0. The molecule has 1 fully saturated rings. The van der Waals surface area contributed by atoms with Crippen molar-refractivity contribution in [1.29, 1.82) is 0 Å². The first-order chi connectivity index (χ1) is 12.1. The van der Waals surface area contributed by atoms with Crippen LogP contribution in [-0.2, 0) is 11.3 Å². The van der Waals surface area contributed by atoms with Gasteiger partial charge in [-0.05, 0) is 42.9 Å². The van der Waals surface area contributed by atoms with E-state index < -0.39 is 0 Å². The van der Waals surface area contributed by atoms with Crippen molar-refractivity contribution < 1.29 is 9.53 Å². The van der Waals surface area contributed by atoms with E-state index >= 15 is 0 Å². The van der Waals surface area contributed by atoms with Crippen LogP contribution in [-0.4, -0.2) is 40.3 Å². The van der Waals surface area contributed by atoms with Gasteiger partial charge in [-0.15, -0.1) is 0 Å². The molecule has 1 aliphatic heterocycles. The molecule has 1 aromatic carbocycles. The van der Waals surface area contributed by atoms with E-state index in [4.69, 9.17) is 4.74 Å². The zero-order valence-electron chi connectivity index (χ0n) is 15.3. The predicted molar refractivity (Wildman–Crippen MR) is 97.7 cm³/mol. The highest BCUT2D eigenvalue weighted by Gasteiger charge is 2.30. The van der Waals surface area contributed by atoms with Crippen LogP contribution in [0.1, 0.15) is 43.2 Å². The second-order valence-corrected chi connectivity index (χ2v) is 6.97. The van der Waals surface area contributed by atoms with E-state index in [2.05, 4.69) is 12.0 Å². The van der Waals surface area contributed by atoms with Crippen LogP contribution in [0.25, 0.3) is 0 Å². The third kappa shape index (κ3) is 4.03. The molecule has 2 atom stereocenters. The van der Waals surface area contributed by atoms with Gasteiger partial charge in [-0.2, -0.15) is 5.10 Å². The first-order valence-electron chi connectivity index (χ1n) is 9.00. The fourth-order valence-electron chi connectivity index (χ4n) is 3.70. The fraction of sp³-hybridized carbons (Fsp3) is 0.500. The molecule has 0 saturated carbocycles. The van der Waals surface area contributed by atoms with Crippen LogP contribution in [0, 0.1) is 6.92 Å². The molecule has 5 nitrogen and oxygen atoms in total. The Morgan fingerprint density at radius 1 is 1.40 bits per heavy atom. The number of rotatable bonds is 6. The third-order valence-electron chi connectivity index (χ3n) is 5.01. The number of carbonyl (C=O) groups is 1. The standard InChI is InChI=1S/C20H27N3O2/c1-15-12-21-22(13-15)14-17-7-6-10-23(17)20(24)11-16(2)18-8-4-5-9-19(18)25-3/h4-5,8-9,12-13,16-17H,6-7,10-11,14H2,1-3H3/t16-,17+/m1/s1. The van der Waals surface area contributed by atoms with E-state index in [0.29, 0.717) is 6.42 Å². The summed E-state index contributed by atoms with van der Waals surface area (Å²) in [5.74, 6) is 1.22. The number of amides is 1. The minimum absolute atomic E-state index is 0.136. The molecule has 134 valence electrons. The summed E-state index contributed by atoms with van der Waals surface area (Å²) in [5, 5.41) is 4.37. The van der Waals surface area contributed by atoms with Gasteiger partial charge in [-0.3, -0.25) is 9.48 Å². The summed E-state index contributed by atoms with van der Waals surface area (Å²) in [5.41, 5.74) is 2.25. The lowest BCUT2D eigenvalue weighted by molar-refractivity contribution is -0.132. The molecular formula is C20H27N3O2. The summed E-state index contributed by atoms with van der Waals surface area (Å²) in [6.45, 7) is 5.76. The minimum atomic E-state index is 0.136. The average molecular weight is 341 g/mol. The molecule has 2 heterocycles. The zero-order chi connectivity index (χ0) is 17.8. The summed E-state index contributed by atoms with van der Waals surface area (Å²) in [6, 6.07) is 8.20. The van der Waals surface area contributed by atoms with Gasteiger partial charge in [0, 0.05) is 19.2 Å². The second kappa shape index (κ2) is 7.72. The van der Waals surface area contributed by atoms with Crippen LogP contribution in [0.2, 0.25) is 0 Å². The molecule has 0 N–H and O–H groups in total. The monoisotopic (exact) mass is 341 g/mol. The van der Waals surface area contributed by atoms with Crippen molar-refractivity contribution in [3.63, 3.8) is 0 Å². The average Bonchev–Trinajstić information content (AvgIpc) is 3.24. The number of likely N-dealkylation sites (tertiary alicyclic amines) is 1. The molecule has 3 rings (SSSR count). The number of hydrogen-bond donors (Lipinski definition) is 0. The molecule has 2 aromatic rings. The molecule has 0 radical (unpaired) electrons. The number of hydrogen-bond acceptors (Lipinski definition) is 3. The van der Waals surface area contributed by atoms with Crippen molar-refractivity contribution in [2.24, 2.45) is 0 Å².